The summed E-state index contributed by atoms with van der Waals surface area (Å²) in [5.74, 6) is 0.997. The van der Waals surface area contributed by atoms with Crippen molar-refractivity contribution in [2.45, 2.75) is 19.0 Å². The second-order valence-electron chi connectivity index (χ2n) is 6.07. The second-order valence-corrected chi connectivity index (χ2v) is 7.01. The van der Waals surface area contributed by atoms with Crippen LogP contribution in [-0.4, -0.2) is 37.8 Å². The molecule has 0 N–H and O–H groups in total. The minimum atomic E-state index is 0.0358. The molecule has 2 aromatic heterocycles. The van der Waals surface area contributed by atoms with Gasteiger partial charge in [0, 0.05) is 17.6 Å². The van der Waals surface area contributed by atoms with Gasteiger partial charge in [-0.25, -0.2) is 9.97 Å². The predicted molar refractivity (Wildman–Crippen MR) is 108 cm³/mol. The largest absolute Gasteiger partial charge is 0.312 e. The molecule has 27 heavy (non-hydrogen) atoms. The van der Waals surface area contributed by atoms with Crippen LogP contribution in [-0.2, 0) is 4.79 Å². The Morgan fingerprint density at radius 3 is 2.59 bits per heavy atom. The van der Waals surface area contributed by atoms with Crippen LogP contribution in [0.5, 0.6) is 0 Å². The van der Waals surface area contributed by atoms with Crippen molar-refractivity contribution in [2.24, 2.45) is 0 Å². The van der Waals surface area contributed by atoms with Gasteiger partial charge in [-0.2, -0.15) is 4.52 Å². The van der Waals surface area contributed by atoms with Gasteiger partial charge < -0.3 is 4.90 Å². The third-order valence-corrected chi connectivity index (χ3v) is 5.18. The Morgan fingerprint density at radius 1 is 1.07 bits per heavy atom. The number of thioether (sulfide) groups is 1. The fourth-order valence-corrected chi connectivity index (χ4v) is 3.86. The molecule has 6 nitrogen and oxygen atoms in total. The lowest BCUT2D eigenvalue weighted by molar-refractivity contribution is -0.116. The highest BCUT2D eigenvalue weighted by atomic mass is 32.2. The molecule has 4 aromatic rings. The number of aromatic nitrogens is 4. The molecule has 1 amide bonds. The number of hydrogen-bond acceptors (Lipinski definition) is 5. The number of amides is 1. The van der Waals surface area contributed by atoms with Crippen molar-refractivity contribution in [2.75, 3.05) is 17.2 Å². The molecular formula is C20H19N5OS. The molecule has 0 spiro atoms. The summed E-state index contributed by atoms with van der Waals surface area (Å²) in [6.45, 7) is 4.45. The van der Waals surface area contributed by atoms with E-state index in [-0.39, 0.29) is 11.7 Å². The third kappa shape index (κ3) is 3.38. The molecule has 2 heterocycles. The smallest absolute Gasteiger partial charge is 0.237 e. The van der Waals surface area contributed by atoms with Crippen LogP contribution in [0.3, 0.4) is 0 Å². The number of carbonyl (C=O) groups excluding carboxylic acids is 1. The Labute approximate surface area is 161 Å². The Morgan fingerprint density at radius 2 is 1.81 bits per heavy atom. The maximum atomic E-state index is 12.8. The van der Waals surface area contributed by atoms with Gasteiger partial charge in [-0.1, -0.05) is 42.1 Å². The van der Waals surface area contributed by atoms with E-state index in [0.717, 1.165) is 22.2 Å². The van der Waals surface area contributed by atoms with Crippen LogP contribution in [0.4, 0.5) is 5.69 Å². The monoisotopic (exact) mass is 377 g/mol. The van der Waals surface area contributed by atoms with E-state index in [0.29, 0.717) is 17.5 Å². The first-order chi connectivity index (χ1) is 13.2. The van der Waals surface area contributed by atoms with Gasteiger partial charge in [-0.05, 0) is 38.1 Å². The predicted octanol–water partition coefficient (Wildman–Crippen LogP) is 3.73. The highest BCUT2D eigenvalue weighted by Crippen LogP contribution is 2.24. The number of aryl methyl sites for hydroxylation is 1. The van der Waals surface area contributed by atoms with Crippen molar-refractivity contribution >= 4 is 39.9 Å². The maximum absolute atomic E-state index is 12.8. The molecular weight excluding hydrogens is 358 g/mol. The average Bonchev–Trinajstić information content (AvgIpc) is 3.09. The van der Waals surface area contributed by atoms with E-state index in [1.165, 1.54) is 11.8 Å². The van der Waals surface area contributed by atoms with Gasteiger partial charge in [0.25, 0.3) is 0 Å². The number of anilines is 1. The van der Waals surface area contributed by atoms with Crippen molar-refractivity contribution in [1.29, 1.82) is 0 Å². The minimum absolute atomic E-state index is 0.0358. The van der Waals surface area contributed by atoms with Crippen LogP contribution >= 0.6 is 11.8 Å². The lowest BCUT2D eigenvalue weighted by atomic mass is 10.2. The zero-order chi connectivity index (χ0) is 18.8. The van der Waals surface area contributed by atoms with Gasteiger partial charge in [0.1, 0.15) is 5.82 Å². The standard InChI is InChI=1S/C20H19N5OS/c1-3-24(15-9-5-4-6-10-15)18(26)13-27-20-22-17-12-8-7-11-16(17)19-21-14(2)23-25(19)20/h4-12H,3,13H2,1-2H3. The van der Waals surface area contributed by atoms with Gasteiger partial charge in [0.2, 0.25) is 5.91 Å². The van der Waals surface area contributed by atoms with E-state index >= 15 is 0 Å². The van der Waals surface area contributed by atoms with Crippen LogP contribution in [0.1, 0.15) is 12.7 Å². The first kappa shape index (κ1) is 17.5. The number of fused-ring (bicyclic) bond motifs is 3. The number of nitrogens with zero attached hydrogens (tertiary/aromatic N) is 5. The highest BCUT2D eigenvalue weighted by molar-refractivity contribution is 7.99. The van der Waals surface area contributed by atoms with Crippen LogP contribution < -0.4 is 4.90 Å². The van der Waals surface area contributed by atoms with Gasteiger partial charge in [0.15, 0.2) is 10.8 Å². The van der Waals surface area contributed by atoms with E-state index in [1.807, 2.05) is 68.4 Å². The van der Waals surface area contributed by atoms with Crippen LogP contribution in [0.25, 0.3) is 16.6 Å². The lowest BCUT2D eigenvalue weighted by Crippen LogP contribution is -2.32. The summed E-state index contributed by atoms with van der Waals surface area (Å²) in [6.07, 6.45) is 0. The number of hydrogen-bond donors (Lipinski definition) is 0. The van der Waals surface area contributed by atoms with E-state index < -0.39 is 0 Å². The first-order valence-electron chi connectivity index (χ1n) is 8.77. The molecule has 136 valence electrons. The van der Waals surface area contributed by atoms with Crippen molar-refractivity contribution in [3.63, 3.8) is 0 Å². The molecule has 0 atom stereocenters. The van der Waals surface area contributed by atoms with Gasteiger partial charge in [0.05, 0.1) is 11.3 Å². The Balaban J connectivity index is 1.64. The van der Waals surface area contributed by atoms with Crippen molar-refractivity contribution in [3.8, 4) is 0 Å². The van der Waals surface area contributed by atoms with E-state index in [9.17, 15) is 4.79 Å². The summed E-state index contributed by atoms with van der Waals surface area (Å²) in [4.78, 5) is 23.8. The van der Waals surface area contributed by atoms with Gasteiger partial charge >= 0.3 is 0 Å². The lowest BCUT2D eigenvalue weighted by Gasteiger charge is -2.20. The molecule has 0 fully saturated rings. The number of carbonyl (C=O) groups is 1. The molecule has 0 aliphatic heterocycles. The van der Waals surface area contributed by atoms with E-state index in [1.54, 1.807) is 9.42 Å². The SMILES string of the molecule is CCN(C(=O)CSc1nc2ccccc2c2nc(C)nn12)c1ccccc1. The number of benzene rings is 2. The van der Waals surface area contributed by atoms with E-state index in [2.05, 4.69) is 10.1 Å². The topological polar surface area (TPSA) is 63.4 Å². The summed E-state index contributed by atoms with van der Waals surface area (Å²) in [5.41, 5.74) is 2.52. The first-order valence-corrected chi connectivity index (χ1v) is 9.76. The van der Waals surface area contributed by atoms with Crippen molar-refractivity contribution in [3.05, 3.63) is 60.4 Å². The number of rotatable bonds is 5. The molecule has 0 saturated carbocycles. The fraction of sp³-hybridized carbons (Fsp3) is 0.200. The molecule has 0 aliphatic rings. The summed E-state index contributed by atoms with van der Waals surface area (Å²) in [5, 5.41) is 6.08. The van der Waals surface area contributed by atoms with Gasteiger partial charge in [-0.15, -0.1) is 5.10 Å². The molecule has 0 bridgehead atoms. The van der Waals surface area contributed by atoms with E-state index in [4.69, 9.17) is 4.98 Å². The van der Waals surface area contributed by atoms with Crippen molar-refractivity contribution < 1.29 is 4.79 Å². The highest BCUT2D eigenvalue weighted by Gasteiger charge is 2.17. The summed E-state index contributed by atoms with van der Waals surface area (Å²) < 4.78 is 1.73. The second kappa shape index (κ2) is 7.36. The third-order valence-electron chi connectivity index (χ3n) is 4.27. The zero-order valence-corrected chi connectivity index (χ0v) is 16.0. The minimum Gasteiger partial charge on any atom is -0.312 e. The normalized spacial score (nSPS) is 11.2. The molecule has 0 aliphatic carbocycles. The van der Waals surface area contributed by atoms with Gasteiger partial charge in [-0.3, -0.25) is 4.79 Å². The molecule has 4 rings (SSSR count). The summed E-state index contributed by atoms with van der Waals surface area (Å²) >= 11 is 1.38. The molecule has 7 heteroatoms. The average molecular weight is 377 g/mol. The Hall–Kier alpha value is -2.93. The zero-order valence-electron chi connectivity index (χ0n) is 15.2. The van der Waals surface area contributed by atoms with Crippen molar-refractivity contribution in [1.82, 2.24) is 19.6 Å². The molecule has 0 radical (unpaired) electrons. The van der Waals surface area contributed by atoms with Crippen LogP contribution in [0.15, 0.2) is 59.8 Å². The Kier molecular flexibility index (Phi) is 4.77. The number of para-hydroxylation sites is 2. The molecule has 0 saturated heterocycles. The Bertz CT molecular complexity index is 1110. The summed E-state index contributed by atoms with van der Waals surface area (Å²) in [7, 11) is 0. The maximum Gasteiger partial charge on any atom is 0.237 e. The van der Waals surface area contributed by atoms with Crippen LogP contribution in [0, 0.1) is 6.92 Å². The molecule has 2 aromatic carbocycles. The quantitative estimate of drug-likeness (QED) is 0.392. The molecule has 0 unspecified atom stereocenters. The summed E-state index contributed by atoms with van der Waals surface area (Å²) in [6, 6.07) is 17.5. The van der Waals surface area contributed by atoms with Crippen LogP contribution in [0.2, 0.25) is 0 Å². The fourth-order valence-electron chi connectivity index (χ4n) is 3.04.